The van der Waals surface area contributed by atoms with Gasteiger partial charge in [0.15, 0.2) is 0 Å². The van der Waals surface area contributed by atoms with E-state index in [0.29, 0.717) is 11.9 Å². The molecule has 2 aromatic rings. The van der Waals surface area contributed by atoms with Crippen LogP contribution in [0.4, 0.5) is 23.7 Å². The van der Waals surface area contributed by atoms with Gasteiger partial charge >= 0.3 is 12.2 Å². The number of hydrogen-bond acceptors (Lipinski definition) is 3. The van der Waals surface area contributed by atoms with Crippen molar-refractivity contribution in [3.05, 3.63) is 58.9 Å². The topological polar surface area (TPSA) is 63.6 Å². The normalized spacial score (nSPS) is 19.9. The van der Waals surface area contributed by atoms with E-state index < -0.39 is 24.4 Å². The molecule has 1 aliphatic heterocycles. The van der Waals surface area contributed by atoms with Gasteiger partial charge in [-0.25, -0.2) is 9.79 Å². The van der Waals surface area contributed by atoms with Crippen molar-refractivity contribution >= 4 is 29.5 Å². The number of alkyl halides is 3. The number of amides is 2. The molecule has 1 unspecified atom stereocenters. The van der Waals surface area contributed by atoms with Crippen molar-refractivity contribution in [3.8, 4) is 0 Å². The summed E-state index contributed by atoms with van der Waals surface area (Å²) in [6, 6.07) is 7.59. The summed E-state index contributed by atoms with van der Waals surface area (Å²) in [7, 11) is 0. The molecule has 1 aromatic heterocycles. The number of hydrogen-bond donors (Lipinski definition) is 1. The monoisotopic (exact) mass is 369 g/mol. The van der Waals surface area contributed by atoms with Crippen molar-refractivity contribution in [2.45, 2.75) is 18.4 Å². The first kappa shape index (κ1) is 17.4. The first-order valence-electron chi connectivity index (χ1n) is 7.09. The van der Waals surface area contributed by atoms with Gasteiger partial charge in [0.05, 0.1) is 18.5 Å². The summed E-state index contributed by atoms with van der Waals surface area (Å²) in [5.41, 5.74) is -3.07. The highest BCUT2D eigenvalue weighted by atomic mass is 35.5. The molecule has 2 amide bonds. The van der Waals surface area contributed by atoms with Gasteiger partial charge in [0, 0.05) is 22.5 Å². The number of ether oxygens (including phenoxy) is 1. The Balaban J connectivity index is 2.12. The maximum absolute atomic E-state index is 14.0. The lowest BCUT2D eigenvalue weighted by atomic mass is 9.92. The molecule has 1 N–H and O–H groups in total. The highest BCUT2D eigenvalue weighted by Crippen LogP contribution is 2.46. The van der Waals surface area contributed by atoms with E-state index >= 15 is 0 Å². The molecule has 1 atom stereocenters. The maximum atomic E-state index is 14.0. The van der Waals surface area contributed by atoms with Crippen molar-refractivity contribution in [1.29, 1.82) is 0 Å². The van der Waals surface area contributed by atoms with Crippen molar-refractivity contribution in [2.24, 2.45) is 4.99 Å². The van der Waals surface area contributed by atoms with Gasteiger partial charge in [-0.3, -0.25) is 4.98 Å². The van der Waals surface area contributed by atoms with E-state index in [1.54, 1.807) is 12.1 Å². The van der Waals surface area contributed by atoms with Crippen LogP contribution in [-0.4, -0.2) is 23.4 Å². The number of carbonyl (C=O) groups excluding carboxylic acids is 1. The van der Waals surface area contributed by atoms with Crippen LogP contribution >= 0.6 is 11.6 Å². The van der Waals surface area contributed by atoms with Crippen LogP contribution in [0.1, 0.15) is 11.3 Å². The molecule has 2 heterocycles. The van der Waals surface area contributed by atoms with Crippen LogP contribution in [0, 0.1) is 0 Å². The molecule has 1 aromatic carbocycles. The van der Waals surface area contributed by atoms with Gasteiger partial charge in [-0.05, 0) is 30.3 Å². The summed E-state index contributed by atoms with van der Waals surface area (Å²) in [4.78, 5) is 18.9. The number of nitrogens with one attached hydrogen (secondary N) is 1. The Bertz CT molecular complexity index is 827. The molecule has 0 fully saturated rings. The van der Waals surface area contributed by atoms with E-state index in [1.807, 2.05) is 0 Å². The highest BCUT2D eigenvalue weighted by Gasteiger charge is 2.58. The molecular weight excluding hydrogens is 359 g/mol. The van der Waals surface area contributed by atoms with Gasteiger partial charge < -0.3 is 10.1 Å². The van der Waals surface area contributed by atoms with E-state index in [4.69, 9.17) is 16.3 Å². The largest absolute Gasteiger partial charge is 0.427 e. The second-order valence-corrected chi connectivity index (χ2v) is 5.66. The molecule has 0 radical (unpaired) electrons. The van der Waals surface area contributed by atoms with Crippen LogP contribution in [0.2, 0.25) is 5.02 Å². The van der Waals surface area contributed by atoms with Gasteiger partial charge in [-0.1, -0.05) is 17.7 Å². The number of nitrogens with zero attached hydrogens (tertiary/aromatic N) is 2. The molecule has 25 heavy (non-hydrogen) atoms. The number of aliphatic imine (C=N–C) groups is 1. The molecule has 0 saturated carbocycles. The first-order valence-corrected chi connectivity index (χ1v) is 7.46. The first-order chi connectivity index (χ1) is 11.8. The molecule has 130 valence electrons. The number of fused-ring (bicyclic) bond motifs is 1. The van der Waals surface area contributed by atoms with Crippen molar-refractivity contribution in [1.82, 2.24) is 4.98 Å². The third-order valence-corrected chi connectivity index (χ3v) is 3.82. The summed E-state index contributed by atoms with van der Waals surface area (Å²) in [5.74, 6) is 0. The summed E-state index contributed by atoms with van der Waals surface area (Å²) >= 11 is 5.87. The fraction of sp³-hybridized carbons (Fsp3) is 0.188. The Labute approximate surface area is 145 Å². The molecule has 5 nitrogen and oxygen atoms in total. The Morgan fingerprint density at radius 1 is 1.24 bits per heavy atom. The van der Waals surface area contributed by atoms with Crippen LogP contribution in [-0.2, 0) is 16.9 Å². The molecule has 0 saturated heterocycles. The van der Waals surface area contributed by atoms with Gasteiger partial charge in [-0.15, -0.1) is 0 Å². The summed E-state index contributed by atoms with van der Waals surface area (Å²) in [6.45, 7) is -0.438. The van der Waals surface area contributed by atoms with Gasteiger partial charge in [0.1, 0.15) is 0 Å². The van der Waals surface area contributed by atoms with Crippen LogP contribution in [0.25, 0.3) is 0 Å². The zero-order valence-electron chi connectivity index (χ0n) is 12.5. The van der Waals surface area contributed by atoms with Crippen LogP contribution in [0.5, 0.6) is 0 Å². The Morgan fingerprint density at radius 2 is 2.04 bits per heavy atom. The number of urea groups is 1. The minimum Gasteiger partial charge on any atom is -0.349 e. The van der Waals surface area contributed by atoms with Crippen molar-refractivity contribution < 1.29 is 22.7 Å². The number of carbonyl (C=O) groups is 1. The van der Waals surface area contributed by atoms with Gasteiger partial charge in [0.25, 0.3) is 0 Å². The van der Waals surface area contributed by atoms with Crippen LogP contribution in [0.15, 0.2) is 47.6 Å². The average molecular weight is 370 g/mol. The molecule has 1 aliphatic rings. The molecule has 0 aliphatic carbocycles. The molecule has 0 bridgehead atoms. The number of halogens is 4. The Hall–Kier alpha value is -2.45. The molecule has 3 rings (SSSR count). The second-order valence-electron chi connectivity index (χ2n) is 5.22. The number of anilines is 1. The zero-order chi connectivity index (χ0) is 18.1. The van der Waals surface area contributed by atoms with E-state index in [9.17, 15) is 18.0 Å². The molecule has 9 heteroatoms. The fourth-order valence-electron chi connectivity index (χ4n) is 2.39. The minimum absolute atomic E-state index is 0.0679. The van der Waals surface area contributed by atoms with E-state index in [2.05, 4.69) is 15.3 Å². The Morgan fingerprint density at radius 3 is 2.72 bits per heavy atom. The minimum atomic E-state index is -4.89. The number of aromatic nitrogens is 1. The van der Waals surface area contributed by atoms with E-state index in [-0.39, 0.29) is 16.3 Å². The van der Waals surface area contributed by atoms with Crippen molar-refractivity contribution in [2.75, 3.05) is 5.32 Å². The quantitative estimate of drug-likeness (QED) is 0.876. The van der Waals surface area contributed by atoms with E-state index in [0.717, 1.165) is 6.07 Å². The summed E-state index contributed by atoms with van der Waals surface area (Å²) in [5, 5.41) is 2.35. The van der Waals surface area contributed by atoms with Gasteiger partial charge in [-0.2, -0.15) is 13.2 Å². The average Bonchev–Trinajstić information content (AvgIpc) is 2.70. The lowest BCUT2D eigenvalue weighted by molar-refractivity contribution is -0.255. The maximum Gasteiger partial charge on any atom is 0.427 e. The number of benzene rings is 1. The van der Waals surface area contributed by atoms with Crippen molar-refractivity contribution in [3.63, 3.8) is 0 Å². The second kappa shape index (κ2) is 6.45. The van der Waals surface area contributed by atoms with Crippen LogP contribution in [0.3, 0.4) is 0 Å². The molecular formula is C16H11ClF3N3O2. The van der Waals surface area contributed by atoms with E-state index in [1.165, 1.54) is 24.4 Å². The summed E-state index contributed by atoms with van der Waals surface area (Å²) in [6.07, 6.45) is -3.00. The van der Waals surface area contributed by atoms with Gasteiger partial charge in [0.2, 0.25) is 5.60 Å². The smallest absolute Gasteiger partial charge is 0.349 e. The highest BCUT2D eigenvalue weighted by molar-refractivity contribution is 6.30. The SMILES string of the molecule is O=C1N=CC(OCc2ccccn2)(C(F)(F)F)c2cc(Cl)ccc2N1. The predicted octanol–water partition coefficient (Wildman–Crippen LogP) is 4.33. The zero-order valence-corrected chi connectivity index (χ0v) is 13.3. The lowest BCUT2D eigenvalue weighted by Gasteiger charge is -2.33. The third kappa shape index (κ3) is 3.35. The Kier molecular flexibility index (Phi) is 4.49. The third-order valence-electron chi connectivity index (χ3n) is 3.58. The number of pyridine rings is 1. The standard InChI is InChI=1S/C16H11ClF3N3O2/c17-10-4-5-13-12(7-10)15(16(18,19)20,9-22-14(24)23-13)25-8-11-3-1-2-6-21-11/h1-7,9H,8H2,(H,23,24). The fourth-order valence-corrected chi connectivity index (χ4v) is 2.57. The number of rotatable bonds is 3. The summed E-state index contributed by atoms with van der Waals surface area (Å²) < 4.78 is 47.2. The predicted molar refractivity (Wildman–Crippen MR) is 85.7 cm³/mol. The van der Waals surface area contributed by atoms with Crippen LogP contribution < -0.4 is 5.32 Å². The molecule has 0 spiro atoms. The lowest BCUT2D eigenvalue weighted by Crippen LogP contribution is -2.46.